The number of anilines is 1. The first-order chi connectivity index (χ1) is 9.24. The van der Waals surface area contributed by atoms with Gasteiger partial charge in [-0.15, -0.1) is 0 Å². The summed E-state index contributed by atoms with van der Waals surface area (Å²) >= 11 is 5.76. The van der Waals surface area contributed by atoms with Gasteiger partial charge in [-0.3, -0.25) is 4.79 Å². The van der Waals surface area contributed by atoms with E-state index in [0.717, 1.165) is 11.4 Å². The van der Waals surface area contributed by atoms with Crippen LogP contribution in [-0.2, 0) is 4.79 Å². The topological polar surface area (TPSA) is 69.3 Å². The molecule has 3 N–H and O–H groups in total. The number of amides is 1. The normalized spacial score (nSPS) is 10.6. The van der Waals surface area contributed by atoms with Gasteiger partial charge in [0.15, 0.2) is 0 Å². The van der Waals surface area contributed by atoms with Crippen LogP contribution >= 0.6 is 11.6 Å². The van der Waals surface area contributed by atoms with Gasteiger partial charge in [0.25, 0.3) is 5.91 Å². The van der Waals surface area contributed by atoms with Crippen LogP contribution in [0.15, 0.2) is 47.7 Å². The number of halogens is 1. The fraction of sp³-hybridized carbons (Fsp3) is 0.0769. The van der Waals surface area contributed by atoms with E-state index in [0.29, 0.717) is 5.02 Å². The lowest BCUT2D eigenvalue weighted by Gasteiger charge is -2.04. The second-order valence-electron chi connectivity index (χ2n) is 3.78. The van der Waals surface area contributed by atoms with E-state index in [1.807, 2.05) is 12.1 Å². The van der Waals surface area contributed by atoms with Crippen molar-refractivity contribution in [3.63, 3.8) is 0 Å². The van der Waals surface area contributed by atoms with E-state index in [2.05, 4.69) is 20.8 Å². The molecule has 0 fully saturated rings. The first-order valence-corrected chi connectivity index (χ1v) is 6.06. The zero-order valence-corrected chi connectivity index (χ0v) is 10.8. The van der Waals surface area contributed by atoms with Gasteiger partial charge in [-0.2, -0.15) is 5.10 Å². The Labute approximate surface area is 115 Å². The number of aromatic nitrogens is 1. The van der Waals surface area contributed by atoms with Crippen LogP contribution in [0.3, 0.4) is 0 Å². The number of benzene rings is 1. The summed E-state index contributed by atoms with van der Waals surface area (Å²) in [6, 6.07) is 10.8. The smallest absolute Gasteiger partial charge is 0.259 e. The maximum Gasteiger partial charge on any atom is 0.259 e. The van der Waals surface area contributed by atoms with Crippen LogP contribution in [-0.4, -0.2) is 23.7 Å². The Bertz CT molecular complexity index is 549. The standard InChI is InChI=1S/C13H13ClN4O/c14-10-3-5-11(6-4-10)16-9-13(19)18-17-8-12-2-1-7-15-12/h1-8,15-16H,9H2,(H,18,19)/b17-8-. The van der Waals surface area contributed by atoms with E-state index in [9.17, 15) is 4.79 Å². The molecule has 1 amide bonds. The molecule has 0 unspecified atom stereocenters. The molecule has 1 heterocycles. The minimum Gasteiger partial charge on any atom is -0.376 e. The molecule has 0 radical (unpaired) electrons. The van der Waals surface area contributed by atoms with Crippen LogP contribution in [0, 0.1) is 0 Å². The van der Waals surface area contributed by atoms with Crippen molar-refractivity contribution in [2.24, 2.45) is 5.10 Å². The summed E-state index contributed by atoms with van der Waals surface area (Å²) in [6.45, 7) is 0.143. The van der Waals surface area contributed by atoms with Crippen molar-refractivity contribution in [1.82, 2.24) is 10.4 Å². The van der Waals surface area contributed by atoms with Crippen LogP contribution in [0.2, 0.25) is 5.02 Å². The summed E-state index contributed by atoms with van der Waals surface area (Å²) in [4.78, 5) is 14.4. The number of carbonyl (C=O) groups is 1. The number of H-pyrrole nitrogens is 1. The van der Waals surface area contributed by atoms with E-state index >= 15 is 0 Å². The number of nitrogens with one attached hydrogen (secondary N) is 3. The predicted molar refractivity (Wildman–Crippen MR) is 76.5 cm³/mol. The van der Waals surface area contributed by atoms with E-state index in [4.69, 9.17) is 11.6 Å². The molecule has 0 atom stereocenters. The molecule has 0 saturated heterocycles. The zero-order chi connectivity index (χ0) is 13.5. The van der Waals surface area contributed by atoms with Gasteiger partial charge in [0.2, 0.25) is 0 Å². The van der Waals surface area contributed by atoms with Crippen molar-refractivity contribution < 1.29 is 4.79 Å². The molecule has 98 valence electrons. The van der Waals surface area contributed by atoms with Gasteiger partial charge in [0, 0.05) is 16.9 Å². The zero-order valence-electron chi connectivity index (χ0n) is 10.1. The molecular weight excluding hydrogens is 264 g/mol. The minimum absolute atomic E-state index is 0.143. The first kappa shape index (κ1) is 13.2. The lowest BCUT2D eigenvalue weighted by molar-refractivity contribution is -0.119. The molecule has 1 aromatic heterocycles. The first-order valence-electron chi connectivity index (χ1n) is 5.69. The van der Waals surface area contributed by atoms with Gasteiger partial charge in [-0.05, 0) is 36.4 Å². The fourth-order valence-corrected chi connectivity index (χ4v) is 1.51. The number of rotatable bonds is 5. The Morgan fingerprint density at radius 1 is 1.32 bits per heavy atom. The Hall–Kier alpha value is -2.27. The van der Waals surface area contributed by atoms with Crippen molar-refractivity contribution in [3.05, 3.63) is 53.3 Å². The maximum absolute atomic E-state index is 11.5. The third-order valence-electron chi connectivity index (χ3n) is 2.31. The van der Waals surface area contributed by atoms with Gasteiger partial charge in [-0.1, -0.05) is 11.6 Å². The Balaban J connectivity index is 1.74. The Morgan fingerprint density at radius 2 is 2.11 bits per heavy atom. The van der Waals surface area contributed by atoms with Gasteiger partial charge in [-0.25, -0.2) is 5.43 Å². The van der Waals surface area contributed by atoms with Gasteiger partial charge < -0.3 is 10.3 Å². The van der Waals surface area contributed by atoms with Crippen molar-refractivity contribution in [2.45, 2.75) is 0 Å². The molecule has 0 aliphatic carbocycles. The highest BCUT2D eigenvalue weighted by molar-refractivity contribution is 6.30. The minimum atomic E-state index is -0.224. The van der Waals surface area contributed by atoms with Crippen molar-refractivity contribution >= 4 is 29.4 Å². The fourth-order valence-electron chi connectivity index (χ4n) is 1.39. The average Bonchev–Trinajstić information content (AvgIpc) is 2.91. The third-order valence-corrected chi connectivity index (χ3v) is 2.56. The van der Waals surface area contributed by atoms with E-state index in [1.165, 1.54) is 0 Å². The van der Waals surface area contributed by atoms with Crippen LogP contribution in [0.1, 0.15) is 5.69 Å². The monoisotopic (exact) mass is 276 g/mol. The number of hydrogen-bond acceptors (Lipinski definition) is 3. The molecule has 1 aromatic carbocycles. The van der Waals surface area contributed by atoms with E-state index in [-0.39, 0.29) is 12.5 Å². The number of hydrazone groups is 1. The van der Waals surface area contributed by atoms with Gasteiger partial charge in [0.05, 0.1) is 18.5 Å². The highest BCUT2D eigenvalue weighted by Crippen LogP contribution is 2.12. The molecular formula is C13H13ClN4O. The molecule has 5 nitrogen and oxygen atoms in total. The maximum atomic E-state index is 11.5. The molecule has 0 aliphatic rings. The second kappa shape index (κ2) is 6.61. The molecule has 2 aromatic rings. The molecule has 0 saturated carbocycles. The highest BCUT2D eigenvalue weighted by atomic mass is 35.5. The average molecular weight is 277 g/mol. The van der Waals surface area contributed by atoms with Crippen LogP contribution in [0.4, 0.5) is 5.69 Å². The van der Waals surface area contributed by atoms with Gasteiger partial charge >= 0.3 is 0 Å². The number of nitrogens with zero attached hydrogens (tertiary/aromatic N) is 1. The van der Waals surface area contributed by atoms with Crippen LogP contribution in [0.5, 0.6) is 0 Å². The van der Waals surface area contributed by atoms with Gasteiger partial charge in [0.1, 0.15) is 0 Å². The summed E-state index contributed by atoms with van der Waals surface area (Å²) in [5.41, 5.74) is 4.08. The van der Waals surface area contributed by atoms with Crippen molar-refractivity contribution in [1.29, 1.82) is 0 Å². The highest BCUT2D eigenvalue weighted by Gasteiger charge is 1.99. The van der Waals surface area contributed by atoms with Crippen LogP contribution in [0.25, 0.3) is 0 Å². The quantitative estimate of drug-likeness (QED) is 0.579. The van der Waals surface area contributed by atoms with E-state index < -0.39 is 0 Å². The summed E-state index contributed by atoms with van der Waals surface area (Å²) in [6.07, 6.45) is 3.32. The second-order valence-corrected chi connectivity index (χ2v) is 4.22. The number of hydrogen-bond donors (Lipinski definition) is 3. The molecule has 19 heavy (non-hydrogen) atoms. The molecule has 0 spiro atoms. The summed E-state index contributed by atoms with van der Waals surface area (Å²) in [5.74, 6) is -0.224. The summed E-state index contributed by atoms with van der Waals surface area (Å²) in [5, 5.41) is 7.44. The predicted octanol–water partition coefficient (Wildman–Crippen LogP) is 2.23. The summed E-state index contributed by atoms with van der Waals surface area (Å²) < 4.78 is 0. The number of carbonyl (C=O) groups excluding carboxylic acids is 1. The molecule has 0 aliphatic heterocycles. The van der Waals surface area contributed by atoms with Crippen LogP contribution < -0.4 is 10.7 Å². The molecule has 2 rings (SSSR count). The Morgan fingerprint density at radius 3 is 2.79 bits per heavy atom. The molecule has 6 heteroatoms. The third kappa shape index (κ3) is 4.48. The lowest BCUT2D eigenvalue weighted by atomic mass is 10.3. The number of aromatic amines is 1. The van der Waals surface area contributed by atoms with E-state index in [1.54, 1.807) is 36.7 Å². The lowest BCUT2D eigenvalue weighted by Crippen LogP contribution is -2.25. The SMILES string of the molecule is O=C(CNc1ccc(Cl)cc1)N/N=C\c1ccc[nH]1. The molecule has 0 bridgehead atoms. The van der Waals surface area contributed by atoms with Crippen molar-refractivity contribution in [2.75, 3.05) is 11.9 Å². The Kier molecular flexibility index (Phi) is 4.58. The van der Waals surface area contributed by atoms with Crippen molar-refractivity contribution in [3.8, 4) is 0 Å². The summed E-state index contributed by atoms with van der Waals surface area (Å²) in [7, 11) is 0. The largest absolute Gasteiger partial charge is 0.376 e.